The van der Waals surface area contributed by atoms with E-state index in [9.17, 15) is 13.2 Å². The zero-order valence-electron chi connectivity index (χ0n) is 17.2. The highest BCUT2D eigenvalue weighted by atomic mass is 35.5. The molecule has 0 N–H and O–H groups in total. The van der Waals surface area contributed by atoms with E-state index in [0.717, 1.165) is 11.1 Å². The maximum absolute atomic E-state index is 13.1. The summed E-state index contributed by atoms with van der Waals surface area (Å²) in [4.78, 5) is 14.9. The Hall–Kier alpha value is -2.68. The fourth-order valence-corrected chi connectivity index (χ4v) is 5.45. The van der Waals surface area contributed by atoms with E-state index in [-0.39, 0.29) is 16.5 Å². The first kappa shape index (κ1) is 21.5. The van der Waals surface area contributed by atoms with Gasteiger partial charge in [-0.05, 0) is 42.3 Å². The molecule has 4 rings (SSSR count). The Bertz CT molecular complexity index is 1240. The number of sulfonamides is 1. The van der Waals surface area contributed by atoms with Gasteiger partial charge < -0.3 is 9.42 Å². The van der Waals surface area contributed by atoms with E-state index in [2.05, 4.69) is 5.16 Å². The third-order valence-corrected chi connectivity index (χ3v) is 7.65. The Balaban J connectivity index is 1.60. The summed E-state index contributed by atoms with van der Waals surface area (Å²) < 4.78 is 32.4. The Morgan fingerprint density at radius 2 is 1.94 bits per heavy atom. The van der Waals surface area contributed by atoms with E-state index < -0.39 is 10.0 Å². The van der Waals surface area contributed by atoms with Crippen LogP contribution in [0.4, 0.5) is 5.69 Å². The molecule has 0 saturated heterocycles. The van der Waals surface area contributed by atoms with Gasteiger partial charge in [-0.25, -0.2) is 8.42 Å². The largest absolute Gasteiger partial charge is 0.355 e. The van der Waals surface area contributed by atoms with Gasteiger partial charge in [-0.3, -0.25) is 4.79 Å². The molecule has 1 aromatic heterocycles. The second kappa shape index (κ2) is 8.45. The van der Waals surface area contributed by atoms with Crippen LogP contribution in [0.2, 0.25) is 5.02 Å². The molecule has 0 bridgehead atoms. The SMILES string of the molecule is CCN(CC)S(=O)(=O)c1ccc2c(c1)CCN2C(=O)c1cc(-c2cccc(Cl)c2)on1. The van der Waals surface area contributed by atoms with Gasteiger partial charge in [0.05, 0.1) is 4.90 Å². The van der Waals surface area contributed by atoms with Crippen LogP contribution < -0.4 is 4.90 Å². The molecule has 2 aromatic carbocycles. The first-order valence-corrected chi connectivity index (χ1v) is 11.8. The van der Waals surface area contributed by atoms with E-state index in [1.54, 1.807) is 47.4 Å². The number of anilines is 1. The number of benzene rings is 2. The predicted octanol–water partition coefficient (Wildman–Crippen LogP) is 4.23. The minimum Gasteiger partial charge on any atom is -0.355 e. The number of fused-ring (bicyclic) bond motifs is 1. The van der Waals surface area contributed by atoms with Crippen LogP contribution in [0.15, 0.2) is 57.9 Å². The van der Waals surface area contributed by atoms with E-state index in [0.29, 0.717) is 42.5 Å². The topological polar surface area (TPSA) is 83.7 Å². The van der Waals surface area contributed by atoms with E-state index >= 15 is 0 Å². The van der Waals surface area contributed by atoms with Gasteiger partial charge in [0.1, 0.15) is 0 Å². The van der Waals surface area contributed by atoms with E-state index in [1.165, 1.54) is 4.31 Å². The fraction of sp³-hybridized carbons (Fsp3) is 0.273. The minimum absolute atomic E-state index is 0.183. The second-order valence-corrected chi connectivity index (χ2v) is 9.55. The molecule has 9 heteroatoms. The Labute approximate surface area is 186 Å². The molecule has 0 spiro atoms. The molecule has 0 unspecified atom stereocenters. The van der Waals surface area contributed by atoms with Crippen molar-refractivity contribution in [2.75, 3.05) is 24.5 Å². The number of nitrogens with zero attached hydrogens (tertiary/aromatic N) is 3. The molecular weight excluding hydrogens is 438 g/mol. The predicted molar refractivity (Wildman–Crippen MR) is 119 cm³/mol. The molecule has 7 nitrogen and oxygen atoms in total. The second-order valence-electron chi connectivity index (χ2n) is 7.17. The highest BCUT2D eigenvalue weighted by molar-refractivity contribution is 7.89. The molecule has 162 valence electrons. The number of carbonyl (C=O) groups is 1. The zero-order valence-corrected chi connectivity index (χ0v) is 18.8. The molecule has 3 aromatic rings. The van der Waals surface area contributed by atoms with E-state index in [4.69, 9.17) is 16.1 Å². The van der Waals surface area contributed by atoms with Gasteiger partial charge in [0.25, 0.3) is 5.91 Å². The van der Waals surface area contributed by atoms with E-state index in [1.807, 2.05) is 19.9 Å². The van der Waals surface area contributed by atoms with Crippen molar-refractivity contribution in [2.24, 2.45) is 0 Å². The monoisotopic (exact) mass is 459 g/mol. The zero-order chi connectivity index (χ0) is 22.2. The molecule has 2 heterocycles. The van der Waals surface area contributed by atoms with Crippen LogP contribution in [-0.2, 0) is 16.4 Å². The maximum Gasteiger partial charge on any atom is 0.280 e. The molecule has 1 aliphatic heterocycles. The van der Waals surface area contributed by atoms with Crippen molar-refractivity contribution < 1.29 is 17.7 Å². The number of amides is 1. The maximum atomic E-state index is 13.1. The first-order chi connectivity index (χ1) is 14.8. The van der Waals surface area contributed by atoms with Gasteiger partial charge in [0.15, 0.2) is 11.5 Å². The number of aromatic nitrogens is 1. The van der Waals surface area contributed by atoms with Crippen molar-refractivity contribution in [2.45, 2.75) is 25.2 Å². The van der Waals surface area contributed by atoms with Crippen molar-refractivity contribution in [3.05, 3.63) is 64.8 Å². The Kier molecular flexibility index (Phi) is 5.88. The highest BCUT2D eigenvalue weighted by Crippen LogP contribution is 2.33. The molecule has 0 radical (unpaired) electrons. The summed E-state index contributed by atoms with van der Waals surface area (Å²) in [5.74, 6) is 0.154. The summed E-state index contributed by atoms with van der Waals surface area (Å²) >= 11 is 6.02. The quantitative estimate of drug-likeness (QED) is 0.550. The minimum atomic E-state index is -3.55. The molecular formula is C22H22ClN3O4S. The lowest BCUT2D eigenvalue weighted by atomic mass is 10.1. The summed E-state index contributed by atoms with van der Waals surface area (Å²) in [6.07, 6.45) is 0.571. The summed E-state index contributed by atoms with van der Waals surface area (Å²) in [7, 11) is -3.55. The summed E-state index contributed by atoms with van der Waals surface area (Å²) in [6, 6.07) is 13.6. The highest BCUT2D eigenvalue weighted by Gasteiger charge is 2.30. The average molecular weight is 460 g/mol. The van der Waals surface area contributed by atoms with Gasteiger partial charge >= 0.3 is 0 Å². The average Bonchev–Trinajstić information content (AvgIpc) is 3.41. The van der Waals surface area contributed by atoms with Gasteiger partial charge in [0.2, 0.25) is 10.0 Å². The summed E-state index contributed by atoms with van der Waals surface area (Å²) in [6.45, 7) is 4.88. The van der Waals surface area contributed by atoms with Crippen molar-refractivity contribution in [3.8, 4) is 11.3 Å². The van der Waals surface area contributed by atoms with Crippen molar-refractivity contribution in [1.82, 2.24) is 9.46 Å². The fourth-order valence-electron chi connectivity index (χ4n) is 3.75. The molecule has 0 aliphatic carbocycles. The lowest BCUT2D eigenvalue weighted by Crippen LogP contribution is -2.31. The van der Waals surface area contributed by atoms with Crippen molar-refractivity contribution in [3.63, 3.8) is 0 Å². The molecule has 0 fully saturated rings. The summed E-state index contributed by atoms with van der Waals surface area (Å²) in [5, 5.41) is 4.49. The van der Waals surface area contributed by atoms with Crippen LogP contribution in [0.5, 0.6) is 0 Å². The van der Waals surface area contributed by atoms with Gasteiger partial charge in [-0.15, -0.1) is 0 Å². The third kappa shape index (κ3) is 3.98. The number of halogens is 1. The standard InChI is InChI=1S/C22H22ClN3O4S/c1-3-25(4-2)31(28,29)18-8-9-20-15(13-18)10-11-26(20)22(27)19-14-21(30-24-19)16-6-5-7-17(23)12-16/h5-9,12-14H,3-4,10-11H2,1-2H3. The smallest absolute Gasteiger partial charge is 0.280 e. The van der Waals surface area contributed by atoms with Gasteiger partial charge in [-0.1, -0.05) is 42.7 Å². The van der Waals surface area contributed by atoms with Crippen LogP contribution in [0.25, 0.3) is 11.3 Å². The third-order valence-electron chi connectivity index (χ3n) is 5.37. The lowest BCUT2D eigenvalue weighted by Gasteiger charge is -2.20. The number of hydrogen-bond acceptors (Lipinski definition) is 5. The molecule has 31 heavy (non-hydrogen) atoms. The van der Waals surface area contributed by atoms with Crippen LogP contribution in [-0.4, -0.2) is 43.4 Å². The van der Waals surface area contributed by atoms with Crippen molar-refractivity contribution in [1.29, 1.82) is 0 Å². The van der Waals surface area contributed by atoms with Crippen LogP contribution in [0.3, 0.4) is 0 Å². The lowest BCUT2D eigenvalue weighted by molar-refractivity contribution is 0.0980. The number of carbonyl (C=O) groups excluding carboxylic acids is 1. The molecule has 0 atom stereocenters. The molecule has 1 aliphatic rings. The van der Waals surface area contributed by atoms with Crippen molar-refractivity contribution >= 4 is 33.2 Å². The normalized spacial score (nSPS) is 13.6. The molecule has 1 amide bonds. The molecule has 0 saturated carbocycles. The van der Waals surface area contributed by atoms with Gasteiger partial charge in [0, 0.05) is 42.0 Å². The first-order valence-electron chi connectivity index (χ1n) is 10.0. The summed E-state index contributed by atoms with van der Waals surface area (Å²) in [5.41, 5.74) is 2.42. The number of rotatable bonds is 6. The van der Waals surface area contributed by atoms with Crippen LogP contribution in [0.1, 0.15) is 29.9 Å². The van der Waals surface area contributed by atoms with Crippen LogP contribution >= 0.6 is 11.6 Å². The number of hydrogen-bond donors (Lipinski definition) is 0. The van der Waals surface area contributed by atoms with Gasteiger partial charge in [-0.2, -0.15) is 4.31 Å². The Morgan fingerprint density at radius 3 is 2.65 bits per heavy atom. The Morgan fingerprint density at radius 1 is 1.16 bits per heavy atom. The van der Waals surface area contributed by atoms with Crippen LogP contribution in [0, 0.1) is 0 Å².